The Labute approximate surface area is 154 Å². The number of anilines is 2. The number of benzene rings is 2. The molecule has 0 fully saturated rings. The minimum atomic E-state index is -0.589. The Balaban J connectivity index is 1.91. The molecule has 0 unspecified atom stereocenters. The van der Waals surface area contributed by atoms with Crippen LogP contribution in [0.3, 0.4) is 0 Å². The van der Waals surface area contributed by atoms with Gasteiger partial charge in [-0.2, -0.15) is 0 Å². The molecule has 0 aliphatic carbocycles. The number of hydrogen-bond donors (Lipinski definition) is 2. The van der Waals surface area contributed by atoms with E-state index < -0.39 is 6.67 Å². The first-order chi connectivity index (χ1) is 12.6. The van der Waals surface area contributed by atoms with Gasteiger partial charge in [0.25, 0.3) is 5.91 Å². The SMILES string of the molecule is C=CCNc1nnc(Cl)c2cc(C(=O)Nc3cccc(CF)c3)ccc12. The van der Waals surface area contributed by atoms with Crippen molar-refractivity contribution in [3.8, 4) is 0 Å². The van der Waals surface area contributed by atoms with Gasteiger partial charge in [0.2, 0.25) is 0 Å². The topological polar surface area (TPSA) is 66.9 Å². The van der Waals surface area contributed by atoms with E-state index in [1.54, 1.807) is 48.5 Å². The number of amides is 1. The molecule has 3 aromatic rings. The van der Waals surface area contributed by atoms with Crippen molar-refractivity contribution < 1.29 is 9.18 Å². The first-order valence-corrected chi connectivity index (χ1v) is 8.27. The van der Waals surface area contributed by atoms with E-state index in [1.807, 2.05) is 0 Å². The number of fused-ring (bicyclic) bond motifs is 1. The molecule has 1 aromatic heterocycles. The van der Waals surface area contributed by atoms with Crippen molar-refractivity contribution in [3.63, 3.8) is 0 Å². The second-order valence-electron chi connectivity index (χ2n) is 5.56. The lowest BCUT2D eigenvalue weighted by atomic mass is 10.1. The van der Waals surface area contributed by atoms with Crippen LogP contribution in [0, 0.1) is 0 Å². The van der Waals surface area contributed by atoms with E-state index >= 15 is 0 Å². The minimum Gasteiger partial charge on any atom is -0.365 e. The maximum Gasteiger partial charge on any atom is 0.255 e. The lowest BCUT2D eigenvalue weighted by molar-refractivity contribution is 0.102. The Bertz CT molecular complexity index is 977. The number of nitrogens with one attached hydrogen (secondary N) is 2. The molecule has 3 rings (SSSR count). The van der Waals surface area contributed by atoms with Gasteiger partial charge in [0, 0.05) is 28.6 Å². The van der Waals surface area contributed by atoms with Crippen LogP contribution in [-0.2, 0) is 6.67 Å². The number of rotatable bonds is 6. The highest BCUT2D eigenvalue weighted by molar-refractivity contribution is 6.34. The Morgan fingerprint density at radius 1 is 1.19 bits per heavy atom. The smallest absolute Gasteiger partial charge is 0.255 e. The summed E-state index contributed by atoms with van der Waals surface area (Å²) in [7, 11) is 0. The van der Waals surface area contributed by atoms with Crippen LogP contribution in [0.2, 0.25) is 5.15 Å². The highest BCUT2D eigenvalue weighted by Crippen LogP contribution is 2.27. The molecule has 0 saturated heterocycles. The number of carbonyl (C=O) groups is 1. The zero-order chi connectivity index (χ0) is 18.5. The van der Waals surface area contributed by atoms with Gasteiger partial charge in [-0.05, 0) is 35.9 Å². The third-order valence-electron chi connectivity index (χ3n) is 3.75. The van der Waals surface area contributed by atoms with Gasteiger partial charge >= 0.3 is 0 Å². The van der Waals surface area contributed by atoms with Crippen molar-refractivity contribution in [2.75, 3.05) is 17.2 Å². The molecule has 0 spiro atoms. The molecule has 1 heterocycles. The minimum absolute atomic E-state index is 0.207. The Hall–Kier alpha value is -2.99. The average Bonchev–Trinajstić information content (AvgIpc) is 2.67. The molecule has 0 bridgehead atoms. The fourth-order valence-corrected chi connectivity index (χ4v) is 2.69. The molecule has 26 heavy (non-hydrogen) atoms. The Morgan fingerprint density at radius 3 is 2.81 bits per heavy atom. The second-order valence-corrected chi connectivity index (χ2v) is 5.92. The molecule has 2 N–H and O–H groups in total. The summed E-state index contributed by atoms with van der Waals surface area (Å²) in [4.78, 5) is 12.5. The van der Waals surface area contributed by atoms with Crippen LogP contribution in [0.25, 0.3) is 10.8 Å². The monoisotopic (exact) mass is 370 g/mol. The van der Waals surface area contributed by atoms with Crippen LogP contribution in [0.15, 0.2) is 55.1 Å². The lowest BCUT2D eigenvalue weighted by Gasteiger charge is -2.10. The van der Waals surface area contributed by atoms with Crippen LogP contribution in [-0.4, -0.2) is 22.6 Å². The van der Waals surface area contributed by atoms with Crippen LogP contribution < -0.4 is 10.6 Å². The summed E-state index contributed by atoms with van der Waals surface area (Å²) in [5, 5.41) is 15.3. The molecule has 132 valence electrons. The van der Waals surface area contributed by atoms with E-state index in [-0.39, 0.29) is 11.1 Å². The van der Waals surface area contributed by atoms with E-state index in [0.29, 0.717) is 34.6 Å². The van der Waals surface area contributed by atoms with Crippen molar-refractivity contribution >= 4 is 39.8 Å². The molecule has 5 nitrogen and oxygen atoms in total. The van der Waals surface area contributed by atoms with E-state index in [1.165, 1.54) is 0 Å². The molecule has 7 heteroatoms. The standard InChI is InChI=1S/C19H16ClFN4O/c1-2-8-22-18-15-7-6-13(10-16(15)17(20)24-25-18)19(26)23-14-5-3-4-12(9-14)11-21/h2-7,9-10H,1,8,11H2,(H,22,25)(H,23,26). The maximum atomic E-state index is 12.8. The Kier molecular flexibility index (Phi) is 5.43. The Morgan fingerprint density at radius 2 is 2.04 bits per heavy atom. The fourth-order valence-electron chi connectivity index (χ4n) is 2.50. The number of hydrogen-bond acceptors (Lipinski definition) is 4. The summed E-state index contributed by atoms with van der Waals surface area (Å²) in [6.45, 7) is 3.59. The molecule has 0 atom stereocenters. The molecule has 2 aromatic carbocycles. The summed E-state index contributed by atoms with van der Waals surface area (Å²) in [5.74, 6) is 0.239. The van der Waals surface area contributed by atoms with Gasteiger partial charge in [-0.15, -0.1) is 16.8 Å². The first kappa shape index (κ1) is 17.8. The third-order valence-corrected chi connectivity index (χ3v) is 4.03. The lowest BCUT2D eigenvalue weighted by Crippen LogP contribution is -2.12. The van der Waals surface area contributed by atoms with Gasteiger partial charge in [0.1, 0.15) is 6.67 Å². The summed E-state index contributed by atoms with van der Waals surface area (Å²) in [6.07, 6.45) is 1.70. The molecular weight excluding hydrogens is 355 g/mol. The molecule has 0 radical (unpaired) electrons. The summed E-state index contributed by atoms with van der Waals surface area (Å²) in [5.41, 5.74) is 1.43. The fraction of sp³-hybridized carbons (Fsp3) is 0.105. The van der Waals surface area contributed by atoms with Gasteiger partial charge in [0.15, 0.2) is 11.0 Å². The van der Waals surface area contributed by atoms with Crippen LogP contribution in [0.5, 0.6) is 0 Å². The maximum absolute atomic E-state index is 12.8. The van der Waals surface area contributed by atoms with Crippen molar-refractivity contribution in [1.82, 2.24) is 10.2 Å². The van der Waals surface area contributed by atoms with E-state index in [9.17, 15) is 9.18 Å². The zero-order valence-electron chi connectivity index (χ0n) is 13.8. The number of aromatic nitrogens is 2. The van der Waals surface area contributed by atoms with Crippen molar-refractivity contribution in [3.05, 3.63) is 71.4 Å². The molecule has 0 aliphatic heterocycles. The molecule has 0 saturated carbocycles. The van der Waals surface area contributed by atoms with Crippen LogP contribution >= 0.6 is 11.6 Å². The van der Waals surface area contributed by atoms with Crippen molar-refractivity contribution in [1.29, 1.82) is 0 Å². The highest BCUT2D eigenvalue weighted by atomic mass is 35.5. The number of nitrogens with zero attached hydrogens (tertiary/aromatic N) is 2. The largest absolute Gasteiger partial charge is 0.365 e. The first-order valence-electron chi connectivity index (χ1n) is 7.89. The third kappa shape index (κ3) is 3.81. The number of halogens is 2. The van der Waals surface area contributed by atoms with E-state index in [0.717, 1.165) is 5.39 Å². The molecule has 1 amide bonds. The quantitative estimate of drug-likeness (QED) is 0.622. The van der Waals surface area contributed by atoms with E-state index in [4.69, 9.17) is 11.6 Å². The van der Waals surface area contributed by atoms with Gasteiger partial charge in [-0.1, -0.05) is 29.8 Å². The zero-order valence-corrected chi connectivity index (χ0v) is 14.6. The van der Waals surface area contributed by atoms with Crippen molar-refractivity contribution in [2.24, 2.45) is 0 Å². The van der Waals surface area contributed by atoms with E-state index in [2.05, 4.69) is 27.4 Å². The average molecular weight is 371 g/mol. The number of alkyl halides is 1. The summed E-state index contributed by atoms with van der Waals surface area (Å²) < 4.78 is 12.8. The summed E-state index contributed by atoms with van der Waals surface area (Å²) >= 11 is 6.14. The van der Waals surface area contributed by atoms with Gasteiger partial charge in [0.05, 0.1) is 0 Å². The second kappa shape index (κ2) is 7.93. The van der Waals surface area contributed by atoms with Gasteiger partial charge in [-0.25, -0.2) is 4.39 Å². The van der Waals surface area contributed by atoms with Crippen LogP contribution in [0.4, 0.5) is 15.9 Å². The normalized spacial score (nSPS) is 10.5. The van der Waals surface area contributed by atoms with Gasteiger partial charge in [-0.3, -0.25) is 4.79 Å². The molecule has 0 aliphatic rings. The van der Waals surface area contributed by atoms with Crippen molar-refractivity contribution in [2.45, 2.75) is 6.67 Å². The highest BCUT2D eigenvalue weighted by Gasteiger charge is 2.12. The summed E-state index contributed by atoms with van der Waals surface area (Å²) in [6, 6.07) is 11.7. The van der Waals surface area contributed by atoms with Crippen LogP contribution in [0.1, 0.15) is 15.9 Å². The van der Waals surface area contributed by atoms with Gasteiger partial charge < -0.3 is 10.6 Å². The number of carbonyl (C=O) groups excluding carboxylic acids is 1. The predicted molar refractivity (Wildman–Crippen MR) is 102 cm³/mol. The predicted octanol–water partition coefficient (Wildman–Crippen LogP) is 4.60. The molecular formula is C19H16ClFN4O.